The number of thiocarbonyl (C=S) groups is 2. The summed E-state index contributed by atoms with van der Waals surface area (Å²) in [6.07, 6.45) is 0. The molecule has 2 rings (SSSR count). The molecule has 0 amide bonds. The molecule has 1 aromatic carbocycles. The van der Waals surface area contributed by atoms with E-state index in [9.17, 15) is 0 Å². The van der Waals surface area contributed by atoms with Crippen molar-refractivity contribution in [3.63, 3.8) is 0 Å². The average Bonchev–Trinajstić information content (AvgIpc) is 2.58. The van der Waals surface area contributed by atoms with Crippen molar-refractivity contribution in [2.24, 2.45) is 0 Å². The standard InChI is InChI=1S/C12H11NS3/c1-7-3-5-9(6-4-7)8(2)10-11(14)13-12(15)16-10/h3-6H,1-2H3,(H,13,14,15). The summed E-state index contributed by atoms with van der Waals surface area (Å²) in [5.41, 5.74) is 3.64. The summed E-state index contributed by atoms with van der Waals surface area (Å²) in [5, 5.41) is 3.00. The van der Waals surface area contributed by atoms with E-state index in [1.54, 1.807) is 0 Å². The van der Waals surface area contributed by atoms with Gasteiger partial charge >= 0.3 is 0 Å². The van der Waals surface area contributed by atoms with Gasteiger partial charge in [-0.25, -0.2) is 0 Å². The molecule has 1 aliphatic heterocycles. The first-order valence-electron chi connectivity index (χ1n) is 4.89. The Labute approximate surface area is 110 Å². The Bertz CT molecular complexity index is 485. The lowest BCUT2D eigenvalue weighted by atomic mass is 10.1. The fourth-order valence-corrected chi connectivity index (χ4v) is 3.11. The minimum absolute atomic E-state index is 0.742. The molecule has 1 aliphatic rings. The second-order valence-corrected chi connectivity index (χ2v) is 5.76. The van der Waals surface area contributed by atoms with Crippen LogP contribution in [0.5, 0.6) is 0 Å². The maximum atomic E-state index is 5.24. The van der Waals surface area contributed by atoms with Crippen LogP contribution in [0.2, 0.25) is 0 Å². The topological polar surface area (TPSA) is 12.0 Å². The van der Waals surface area contributed by atoms with Gasteiger partial charge in [-0.15, -0.1) is 0 Å². The molecule has 0 saturated carbocycles. The highest BCUT2D eigenvalue weighted by Gasteiger charge is 2.21. The van der Waals surface area contributed by atoms with Gasteiger partial charge in [-0.05, 0) is 25.0 Å². The number of rotatable bonds is 1. The molecule has 4 heteroatoms. The molecule has 0 atom stereocenters. The van der Waals surface area contributed by atoms with E-state index in [1.807, 2.05) is 0 Å². The van der Waals surface area contributed by atoms with Crippen LogP contribution in [0.15, 0.2) is 29.2 Å². The summed E-state index contributed by atoms with van der Waals surface area (Å²) < 4.78 is 0.742. The molecule has 0 aliphatic carbocycles. The van der Waals surface area contributed by atoms with Crippen molar-refractivity contribution in [3.8, 4) is 0 Å². The first-order chi connectivity index (χ1) is 7.58. The highest BCUT2D eigenvalue weighted by atomic mass is 32.2. The molecule has 1 aromatic rings. The van der Waals surface area contributed by atoms with Gasteiger partial charge in [0.25, 0.3) is 0 Å². The van der Waals surface area contributed by atoms with Gasteiger partial charge in [-0.1, -0.05) is 66.0 Å². The Hall–Kier alpha value is -0.710. The van der Waals surface area contributed by atoms with Gasteiger partial charge < -0.3 is 5.32 Å². The fourth-order valence-electron chi connectivity index (χ4n) is 1.50. The third-order valence-corrected chi connectivity index (χ3v) is 4.23. The van der Waals surface area contributed by atoms with E-state index in [-0.39, 0.29) is 0 Å². The summed E-state index contributed by atoms with van der Waals surface area (Å²) in [5.74, 6) is 0. The van der Waals surface area contributed by atoms with Crippen LogP contribution < -0.4 is 5.32 Å². The second kappa shape index (κ2) is 4.65. The summed E-state index contributed by atoms with van der Waals surface area (Å²) in [6, 6.07) is 8.44. The smallest absolute Gasteiger partial charge is 0.143 e. The number of hydrogen-bond donors (Lipinski definition) is 1. The maximum Gasteiger partial charge on any atom is 0.143 e. The predicted molar refractivity (Wildman–Crippen MR) is 79.7 cm³/mol. The van der Waals surface area contributed by atoms with Crippen LogP contribution in [0.3, 0.4) is 0 Å². The zero-order valence-electron chi connectivity index (χ0n) is 9.03. The molecule has 1 saturated heterocycles. The van der Waals surface area contributed by atoms with Crippen LogP contribution in [0.1, 0.15) is 18.1 Å². The van der Waals surface area contributed by atoms with Gasteiger partial charge in [-0.2, -0.15) is 0 Å². The van der Waals surface area contributed by atoms with Crippen molar-refractivity contribution < 1.29 is 0 Å². The first kappa shape index (κ1) is 11.8. The van der Waals surface area contributed by atoms with E-state index in [0.717, 1.165) is 14.2 Å². The summed E-state index contributed by atoms with van der Waals surface area (Å²) in [4.78, 5) is 1.82. The highest BCUT2D eigenvalue weighted by Crippen LogP contribution is 2.32. The van der Waals surface area contributed by atoms with Gasteiger partial charge in [-0.3, -0.25) is 0 Å². The van der Waals surface area contributed by atoms with Crippen molar-refractivity contribution in [2.75, 3.05) is 0 Å². The monoisotopic (exact) mass is 265 g/mol. The van der Waals surface area contributed by atoms with E-state index in [1.165, 1.54) is 28.5 Å². The minimum Gasteiger partial charge on any atom is -0.331 e. The van der Waals surface area contributed by atoms with Crippen molar-refractivity contribution >= 4 is 51.1 Å². The van der Waals surface area contributed by atoms with E-state index in [4.69, 9.17) is 24.4 Å². The number of allylic oxidation sites excluding steroid dienone is 1. The molecule has 0 unspecified atom stereocenters. The first-order valence-corrected chi connectivity index (χ1v) is 6.52. The fraction of sp³-hybridized carbons (Fsp3) is 0.167. The number of benzene rings is 1. The lowest BCUT2D eigenvalue weighted by molar-refractivity contribution is 1.44. The lowest BCUT2D eigenvalue weighted by Crippen LogP contribution is -2.16. The molecular formula is C12H11NS3. The van der Waals surface area contributed by atoms with Gasteiger partial charge in [0, 0.05) is 0 Å². The largest absolute Gasteiger partial charge is 0.331 e. The van der Waals surface area contributed by atoms with Crippen LogP contribution in [-0.4, -0.2) is 9.31 Å². The van der Waals surface area contributed by atoms with Crippen molar-refractivity contribution in [3.05, 3.63) is 40.3 Å². The Morgan fingerprint density at radius 3 is 2.31 bits per heavy atom. The molecule has 16 heavy (non-hydrogen) atoms. The van der Waals surface area contributed by atoms with E-state index >= 15 is 0 Å². The highest BCUT2D eigenvalue weighted by molar-refractivity contribution is 8.27. The quantitative estimate of drug-likeness (QED) is 0.614. The summed E-state index contributed by atoms with van der Waals surface area (Å²) in [7, 11) is 0. The molecule has 1 N–H and O–H groups in total. The molecule has 1 heterocycles. The molecule has 1 nitrogen and oxygen atoms in total. The normalized spacial score (nSPS) is 18.6. The Balaban J connectivity index is 2.41. The summed E-state index contributed by atoms with van der Waals surface area (Å²) in [6.45, 7) is 4.16. The third-order valence-electron chi connectivity index (χ3n) is 2.44. The molecular weight excluding hydrogens is 254 g/mol. The molecule has 0 spiro atoms. The summed E-state index contributed by atoms with van der Waals surface area (Å²) >= 11 is 11.9. The van der Waals surface area contributed by atoms with Gasteiger partial charge in [0.05, 0.1) is 4.91 Å². The molecule has 0 aromatic heterocycles. The van der Waals surface area contributed by atoms with Crippen molar-refractivity contribution in [1.82, 2.24) is 5.32 Å². The van der Waals surface area contributed by atoms with Crippen LogP contribution in [0.4, 0.5) is 0 Å². The number of aryl methyl sites for hydroxylation is 1. The Morgan fingerprint density at radius 1 is 1.19 bits per heavy atom. The number of thioether (sulfide) groups is 1. The van der Waals surface area contributed by atoms with Crippen molar-refractivity contribution in [1.29, 1.82) is 0 Å². The molecule has 1 fully saturated rings. The Kier molecular flexibility index (Phi) is 3.42. The van der Waals surface area contributed by atoms with E-state index in [0.29, 0.717) is 0 Å². The second-order valence-electron chi connectivity index (χ2n) is 3.66. The van der Waals surface area contributed by atoms with Gasteiger partial charge in [0.1, 0.15) is 9.31 Å². The number of hydrogen-bond acceptors (Lipinski definition) is 3. The van der Waals surface area contributed by atoms with E-state index < -0.39 is 0 Å². The maximum absolute atomic E-state index is 5.24. The third kappa shape index (κ3) is 2.34. The predicted octanol–water partition coefficient (Wildman–Crippen LogP) is 3.67. The molecule has 0 bridgehead atoms. The average molecular weight is 265 g/mol. The molecule has 82 valence electrons. The van der Waals surface area contributed by atoms with Crippen LogP contribution in [-0.2, 0) is 0 Å². The van der Waals surface area contributed by atoms with E-state index in [2.05, 4.69) is 43.4 Å². The van der Waals surface area contributed by atoms with Gasteiger partial charge in [0.15, 0.2) is 0 Å². The Morgan fingerprint density at radius 2 is 1.81 bits per heavy atom. The van der Waals surface area contributed by atoms with Crippen LogP contribution in [0.25, 0.3) is 5.57 Å². The van der Waals surface area contributed by atoms with Crippen LogP contribution in [0, 0.1) is 6.92 Å². The SMILES string of the molecule is CC(=C1SC(=S)NC1=S)c1ccc(C)cc1. The van der Waals surface area contributed by atoms with Crippen molar-refractivity contribution in [2.45, 2.75) is 13.8 Å². The zero-order valence-corrected chi connectivity index (χ0v) is 11.5. The molecule has 0 radical (unpaired) electrons. The van der Waals surface area contributed by atoms with Crippen LogP contribution >= 0.6 is 36.2 Å². The lowest BCUT2D eigenvalue weighted by Gasteiger charge is -2.05. The zero-order chi connectivity index (χ0) is 11.7. The minimum atomic E-state index is 0.742. The number of nitrogens with one attached hydrogen (secondary N) is 1. The van der Waals surface area contributed by atoms with Gasteiger partial charge in [0.2, 0.25) is 0 Å².